The van der Waals surface area contributed by atoms with Crippen LogP contribution in [0.15, 0.2) is 47.9 Å². The number of benzene rings is 2. The van der Waals surface area contributed by atoms with E-state index in [0.717, 1.165) is 29.7 Å². The first-order valence-corrected chi connectivity index (χ1v) is 7.23. The molecule has 2 aromatic rings. The van der Waals surface area contributed by atoms with Crippen molar-refractivity contribution in [3.8, 4) is 0 Å². The highest BCUT2D eigenvalue weighted by atomic mass is 16.1. The summed E-state index contributed by atoms with van der Waals surface area (Å²) in [5.74, 6) is -0.404. The molecular weight excluding hydrogens is 261 g/mol. The lowest BCUT2D eigenvalue weighted by atomic mass is 9.63. The van der Waals surface area contributed by atoms with Crippen molar-refractivity contribution in [2.45, 2.75) is 19.8 Å². The average Bonchev–Trinajstić information content (AvgIpc) is 2.47. The summed E-state index contributed by atoms with van der Waals surface area (Å²) >= 11 is 0. The van der Waals surface area contributed by atoms with Gasteiger partial charge in [0.2, 0.25) is 5.91 Å². The molecule has 0 aromatic heterocycles. The zero-order chi connectivity index (χ0) is 14.8. The number of allylic oxidation sites excluding steroid dienone is 1. The number of nitrogens with two attached hydrogens (primary N) is 1. The third-order valence-corrected chi connectivity index (χ3v) is 3.74. The number of carbonyl (C=O) groups is 1. The monoisotopic (exact) mass is 279 g/mol. The highest BCUT2D eigenvalue weighted by molar-refractivity contribution is 6.74. The van der Waals surface area contributed by atoms with Crippen LogP contribution in [0.2, 0.25) is 0 Å². The summed E-state index contributed by atoms with van der Waals surface area (Å²) in [6.07, 6.45) is 3.32. The van der Waals surface area contributed by atoms with E-state index in [4.69, 9.17) is 5.73 Å². The third-order valence-electron chi connectivity index (χ3n) is 3.74. The van der Waals surface area contributed by atoms with E-state index in [9.17, 15) is 4.79 Å². The van der Waals surface area contributed by atoms with Crippen LogP contribution in [0.1, 0.15) is 19.8 Å². The van der Waals surface area contributed by atoms with Gasteiger partial charge in [-0.05, 0) is 35.5 Å². The van der Waals surface area contributed by atoms with E-state index in [-0.39, 0.29) is 6.98 Å². The van der Waals surface area contributed by atoms with Gasteiger partial charge in [0.25, 0.3) is 0 Å². The fourth-order valence-electron chi connectivity index (χ4n) is 2.89. The van der Waals surface area contributed by atoms with Crippen LogP contribution in [0.25, 0.3) is 10.8 Å². The van der Waals surface area contributed by atoms with Crippen molar-refractivity contribution in [3.05, 3.63) is 47.9 Å². The fourth-order valence-corrected chi connectivity index (χ4v) is 2.89. The highest BCUT2D eigenvalue weighted by Crippen LogP contribution is 2.35. The molecule has 1 amide bonds. The van der Waals surface area contributed by atoms with Crippen LogP contribution in [0.5, 0.6) is 0 Å². The Bertz CT molecular complexity index is 686. The zero-order valence-electron chi connectivity index (χ0n) is 12.0. The zero-order valence-corrected chi connectivity index (χ0v) is 12.0. The molecule has 4 N–H and O–H groups in total. The minimum Gasteiger partial charge on any atom is -0.405 e. The Morgan fingerprint density at radius 3 is 2.33 bits per heavy atom. The molecular formula is C16H18BN3O. The fraction of sp³-hybridized carbons (Fsp3) is 0.188. The maximum Gasteiger partial charge on any atom is 0.402 e. The summed E-state index contributed by atoms with van der Waals surface area (Å²) < 4.78 is 0. The molecule has 4 nitrogen and oxygen atoms in total. The Morgan fingerprint density at radius 2 is 1.81 bits per heavy atom. The van der Waals surface area contributed by atoms with Gasteiger partial charge in [0.15, 0.2) is 0 Å². The summed E-state index contributed by atoms with van der Waals surface area (Å²) in [5, 5.41) is 9.31. The molecule has 1 heterocycles. The maximum absolute atomic E-state index is 11.3. The van der Waals surface area contributed by atoms with Crippen molar-refractivity contribution < 1.29 is 4.79 Å². The van der Waals surface area contributed by atoms with Gasteiger partial charge in [0.1, 0.15) is 0 Å². The molecule has 3 rings (SSSR count). The number of hydrogen-bond donors (Lipinski definition) is 3. The minimum absolute atomic E-state index is 0.0991. The predicted octanol–water partition coefficient (Wildman–Crippen LogP) is 2.92. The molecule has 0 fully saturated rings. The van der Waals surface area contributed by atoms with Crippen LogP contribution >= 0.6 is 0 Å². The lowest BCUT2D eigenvalue weighted by Crippen LogP contribution is -2.40. The second-order valence-electron chi connectivity index (χ2n) is 5.30. The molecule has 0 spiro atoms. The lowest BCUT2D eigenvalue weighted by Gasteiger charge is -2.28. The number of primary amides is 1. The summed E-state index contributed by atoms with van der Waals surface area (Å²) in [4.78, 5) is 11.3. The first-order valence-electron chi connectivity index (χ1n) is 7.23. The van der Waals surface area contributed by atoms with Gasteiger partial charge in [-0.2, -0.15) is 0 Å². The van der Waals surface area contributed by atoms with Crippen LogP contribution < -0.4 is 16.2 Å². The van der Waals surface area contributed by atoms with Crippen molar-refractivity contribution >= 4 is 35.0 Å². The number of rotatable bonds is 4. The molecule has 0 bridgehead atoms. The standard InChI is InChI=1S/C16H18BN3O/c1-2-5-12(10-15(18)21)17-19-13-8-3-6-11-7-4-9-14(20-17)16(11)13/h3-4,6-10,19-20H,2,5H2,1H3,(H2,18,21)/b12-10+. The molecule has 21 heavy (non-hydrogen) atoms. The molecule has 5 heteroatoms. The molecule has 1 aliphatic rings. The molecule has 106 valence electrons. The van der Waals surface area contributed by atoms with E-state index in [1.54, 1.807) is 0 Å². The quantitative estimate of drug-likeness (QED) is 0.595. The first kappa shape index (κ1) is 13.6. The smallest absolute Gasteiger partial charge is 0.402 e. The summed E-state index contributed by atoms with van der Waals surface area (Å²) in [6.45, 7) is 1.99. The third kappa shape index (κ3) is 2.59. The van der Waals surface area contributed by atoms with E-state index >= 15 is 0 Å². The number of hydrogen-bond acceptors (Lipinski definition) is 3. The minimum atomic E-state index is -0.404. The van der Waals surface area contributed by atoms with Gasteiger partial charge in [0.05, 0.1) is 0 Å². The number of anilines is 2. The van der Waals surface area contributed by atoms with Crippen molar-refractivity contribution in [2.24, 2.45) is 5.73 Å². The number of carbonyl (C=O) groups excluding carboxylic acids is 1. The molecule has 0 unspecified atom stereocenters. The van der Waals surface area contributed by atoms with Crippen LogP contribution in [-0.4, -0.2) is 12.9 Å². The van der Waals surface area contributed by atoms with Gasteiger partial charge in [-0.1, -0.05) is 37.6 Å². The number of amides is 1. The van der Waals surface area contributed by atoms with Crippen molar-refractivity contribution in [3.63, 3.8) is 0 Å². The van der Waals surface area contributed by atoms with E-state index in [0.29, 0.717) is 0 Å². The van der Waals surface area contributed by atoms with Crippen LogP contribution in [0.4, 0.5) is 11.4 Å². The normalized spacial score (nSPS) is 13.8. The highest BCUT2D eigenvalue weighted by Gasteiger charge is 2.26. The van der Waals surface area contributed by atoms with Crippen LogP contribution in [0.3, 0.4) is 0 Å². The van der Waals surface area contributed by atoms with E-state index in [1.165, 1.54) is 16.8 Å². The second-order valence-corrected chi connectivity index (χ2v) is 5.30. The van der Waals surface area contributed by atoms with Gasteiger partial charge >= 0.3 is 6.98 Å². The molecule has 1 aliphatic heterocycles. The average molecular weight is 279 g/mol. The maximum atomic E-state index is 11.3. The largest absolute Gasteiger partial charge is 0.405 e. The van der Waals surface area contributed by atoms with Gasteiger partial charge in [-0.3, -0.25) is 4.79 Å². The van der Waals surface area contributed by atoms with Gasteiger partial charge in [-0.15, -0.1) is 0 Å². The SMILES string of the molecule is CCC/C(=C\C(N)=O)B1Nc2cccc3cccc(c23)N1. The Labute approximate surface area is 124 Å². The predicted molar refractivity (Wildman–Crippen MR) is 89.1 cm³/mol. The molecule has 0 radical (unpaired) electrons. The first-order chi connectivity index (χ1) is 10.2. The van der Waals surface area contributed by atoms with E-state index in [2.05, 4.69) is 41.6 Å². The molecule has 0 atom stereocenters. The van der Waals surface area contributed by atoms with Crippen molar-refractivity contribution in [2.75, 3.05) is 10.5 Å². The summed E-state index contributed by atoms with van der Waals surface area (Å²) in [7, 11) is 0. The summed E-state index contributed by atoms with van der Waals surface area (Å²) in [6, 6.07) is 12.4. The van der Waals surface area contributed by atoms with Crippen LogP contribution in [0, 0.1) is 0 Å². The Hall–Kier alpha value is -2.43. The van der Waals surface area contributed by atoms with E-state index < -0.39 is 5.91 Å². The Morgan fingerprint density at radius 1 is 1.19 bits per heavy atom. The Balaban J connectivity index is 2.01. The van der Waals surface area contributed by atoms with Gasteiger partial charge in [-0.25, -0.2) is 0 Å². The topological polar surface area (TPSA) is 67.2 Å². The second kappa shape index (κ2) is 5.52. The molecule has 0 aliphatic carbocycles. The molecule has 0 saturated heterocycles. The Kier molecular flexibility index (Phi) is 3.56. The van der Waals surface area contributed by atoms with Gasteiger partial charge in [0, 0.05) is 16.8 Å². The molecule has 2 aromatic carbocycles. The van der Waals surface area contributed by atoms with Gasteiger partial charge < -0.3 is 16.2 Å². The lowest BCUT2D eigenvalue weighted by molar-refractivity contribution is -0.113. The molecule has 0 saturated carbocycles. The van der Waals surface area contributed by atoms with E-state index in [1.807, 2.05) is 12.1 Å². The number of nitrogens with one attached hydrogen (secondary N) is 2. The van der Waals surface area contributed by atoms with Crippen molar-refractivity contribution in [1.29, 1.82) is 0 Å². The van der Waals surface area contributed by atoms with Crippen LogP contribution in [-0.2, 0) is 4.79 Å². The van der Waals surface area contributed by atoms with Crippen molar-refractivity contribution in [1.82, 2.24) is 0 Å². The summed E-state index contributed by atoms with van der Waals surface area (Å²) in [5.41, 5.74) is 8.48.